The number of hydrogen-bond acceptors (Lipinski definition) is 2. The zero-order chi connectivity index (χ0) is 12.8. The van der Waals surface area contributed by atoms with Gasteiger partial charge in [0.05, 0.1) is 5.92 Å². The molecule has 17 heavy (non-hydrogen) atoms. The van der Waals surface area contributed by atoms with Crippen molar-refractivity contribution in [2.45, 2.75) is 27.2 Å². The van der Waals surface area contributed by atoms with Gasteiger partial charge in [-0.05, 0) is 25.0 Å². The Morgan fingerprint density at radius 2 is 2.06 bits per heavy atom. The van der Waals surface area contributed by atoms with Crippen LogP contribution in [0.2, 0.25) is 0 Å². The lowest BCUT2D eigenvalue weighted by Gasteiger charge is -2.28. The molecule has 0 saturated carbocycles. The second kappa shape index (κ2) is 6.28. The first-order valence-corrected chi connectivity index (χ1v) is 6.16. The Morgan fingerprint density at radius 3 is 2.59 bits per heavy atom. The highest BCUT2D eigenvalue weighted by Gasteiger charge is 2.15. The Morgan fingerprint density at radius 1 is 1.41 bits per heavy atom. The van der Waals surface area contributed by atoms with Crippen LogP contribution in [0.25, 0.3) is 0 Å². The number of hydrogen-bond donors (Lipinski definition) is 1. The van der Waals surface area contributed by atoms with E-state index in [0.717, 1.165) is 13.0 Å². The number of para-hydroxylation sites is 1. The molecule has 1 rings (SSSR count). The van der Waals surface area contributed by atoms with Crippen LogP contribution in [0.15, 0.2) is 24.3 Å². The smallest absolute Gasteiger partial charge is 0.222 e. The van der Waals surface area contributed by atoms with Gasteiger partial charge >= 0.3 is 0 Å². The highest BCUT2D eigenvalue weighted by Crippen LogP contribution is 2.20. The average molecular weight is 234 g/mol. The maximum Gasteiger partial charge on any atom is 0.222 e. The Hall–Kier alpha value is -1.51. The van der Waals surface area contributed by atoms with E-state index in [9.17, 15) is 4.79 Å². The third-order valence-electron chi connectivity index (χ3n) is 2.93. The minimum atomic E-state index is -0.236. The number of carbonyl (C=O) groups is 1. The summed E-state index contributed by atoms with van der Waals surface area (Å²) in [5.74, 6) is -0.360. The van der Waals surface area contributed by atoms with Crippen molar-refractivity contribution in [1.82, 2.24) is 0 Å². The van der Waals surface area contributed by atoms with Crippen LogP contribution in [-0.4, -0.2) is 19.0 Å². The van der Waals surface area contributed by atoms with Gasteiger partial charge in [-0.3, -0.25) is 4.79 Å². The Balaban J connectivity index is 2.86. The molecule has 0 bridgehead atoms. The number of anilines is 1. The fraction of sp³-hybridized carbons (Fsp3) is 0.500. The summed E-state index contributed by atoms with van der Waals surface area (Å²) in [5.41, 5.74) is 7.76. The number of carbonyl (C=O) groups excluding carboxylic acids is 1. The van der Waals surface area contributed by atoms with Gasteiger partial charge in [0.1, 0.15) is 0 Å². The first kappa shape index (κ1) is 13.6. The van der Waals surface area contributed by atoms with Gasteiger partial charge < -0.3 is 10.6 Å². The van der Waals surface area contributed by atoms with Crippen molar-refractivity contribution >= 4 is 11.6 Å². The zero-order valence-corrected chi connectivity index (χ0v) is 10.9. The van der Waals surface area contributed by atoms with Crippen molar-refractivity contribution in [3.8, 4) is 0 Å². The second-order valence-corrected chi connectivity index (χ2v) is 4.54. The van der Waals surface area contributed by atoms with Gasteiger partial charge in [-0.15, -0.1) is 0 Å². The molecule has 0 saturated heterocycles. The summed E-state index contributed by atoms with van der Waals surface area (Å²) in [4.78, 5) is 13.4. The highest BCUT2D eigenvalue weighted by atomic mass is 16.1. The molecule has 3 heteroatoms. The van der Waals surface area contributed by atoms with Crippen LogP contribution in [-0.2, 0) is 4.79 Å². The van der Waals surface area contributed by atoms with Crippen molar-refractivity contribution in [1.29, 1.82) is 0 Å². The highest BCUT2D eigenvalue weighted by molar-refractivity contribution is 5.77. The van der Waals surface area contributed by atoms with Crippen molar-refractivity contribution in [2.75, 3.05) is 18.0 Å². The van der Waals surface area contributed by atoms with E-state index in [2.05, 4.69) is 30.9 Å². The van der Waals surface area contributed by atoms with E-state index in [1.54, 1.807) is 0 Å². The first-order valence-electron chi connectivity index (χ1n) is 6.16. The van der Waals surface area contributed by atoms with E-state index < -0.39 is 0 Å². The summed E-state index contributed by atoms with van der Waals surface area (Å²) >= 11 is 0. The van der Waals surface area contributed by atoms with Crippen LogP contribution >= 0.6 is 0 Å². The average Bonchev–Trinajstić information content (AvgIpc) is 2.29. The number of aryl methyl sites for hydroxylation is 1. The molecule has 0 aliphatic heterocycles. The number of nitrogens with zero attached hydrogens (tertiary/aromatic N) is 1. The van der Waals surface area contributed by atoms with E-state index in [4.69, 9.17) is 5.73 Å². The zero-order valence-electron chi connectivity index (χ0n) is 10.9. The van der Waals surface area contributed by atoms with E-state index in [1.807, 2.05) is 19.1 Å². The predicted molar refractivity (Wildman–Crippen MR) is 72.0 cm³/mol. The van der Waals surface area contributed by atoms with Crippen molar-refractivity contribution in [2.24, 2.45) is 11.7 Å². The molecule has 1 unspecified atom stereocenters. The van der Waals surface area contributed by atoms with Crippen LogP contribution in [0.5, 0.6) is 0 Å². The predicted octanol–water partition coefficient (Wildman–Crippen LogP) is 2.33. The fourth-order valence-electron chi connectivity index (χ4n) is 1.92. The lowest BCUT2D eigenvalue weighted by molar-refractivity contribution is -0.121. The third kappa shape index (κ3) is 3.77. The minimum Gasteiger partial charge on any atom is -0.371 e. The van der Waals surface area contributed by atoms with Gasteiger partial charge in [0, 0.05) is 18.8 Å². The quantitative estimate of drug-likeness (QED) is 0.821. The van der Waals surface area contributed by atoms with E-state index in [-0.39, 0.29) is 11.8 Å². The normalized spacial score (nSPS) is 12.2. The van der Waals surface area contributed by atoms with Crippen LogP contribution < -0.4 is 10.6 Å². The molecule has 94 valence electrons. The molecular weight excluding hydrogens is 212 g/mol. The molecule has 2 N–H and O–H groups in total. The number of rotatable bonds is 6. The number of benzene rings is 1. The largest absolute Gasteiger partial charge is 0.371 e. The fourth-order valence-corrected chi connectivity index (χ4v) is 1.92. The van der Waals surface area contributed by atoms with Gasteiger partial charge in [0.25, 0.3) is 0 Å². The molecule has 0 radical (unpaired) electrons. The van der Waals surface area contributed by atoms with Crippen molar-refractivity contribution in [3.05, 3.63) is 29.8 Å². The Labute approximate surface area is 104 Å². The first-order chi connectivity index (χ1) is 8.06. The van der Waals surface area contributed by atoms with Gasteiger partial charge in [0.2, 0.25) is 5.91 Å². The molecule has 0 aromatic heterocycles. The maximum atomic E-state index is 11.2. The Kier molecular flexibility index (Phi) is 5.01. The van der Waals surface area contributed by atoms with Crippen LogP contribution in [0.3, 0.4) is 0 Å². The monoisotopic (exact) mass is 234 g/mol. The van der Waals surface area contributed by atoms with E-state index in [0.29, 0.717) is 6.54 Å². The molecule has 1 amide bonds. The SMILES string of the molecule is CCCN(CC(C)C(N)=O)c1ccccc1C. The van der Waals surface area contributed by atoms with E-state index in [1.165, 1.54) is 11.3 Å². The third-order valence-corrected chi connectivity index (χ3v) is 2.93. The molecule has 1 atom stereocenters. The van der Waals surface area contributed by atoms with Crippen molar-refractivity contribution < 1.29 is 4.79 Å². The molecule has 1 aromatic rings. The van der Waals surface area contributed by atoms with Crippen LogP contribution in [0.4, 0.5) is 5.69 Å². The molecule has 0 spiro atoms. The molecule has 0 aliphatic rings. The molecule has 0 aliphatic carbocycles. The van der Waals surface area contributed by atoms with Gasteiger partial charge in [-0.25, -0.2) is 0 Å². The number of primary amides is 1. The molecule has 0 heterocycles. The van der Waals surface area contributed by atoms with Crippen LogP contribution in [0.1, 0.15) is 25.8 Å². The summed E-state index contributed by atoms with van der Waals surface area (Å²) in [6, 6.07) is 8.24. The number of amides is 1. The Bertz CT molecular complexity index is 376. The summed E-state index contributed by atoms with van der Waals surface area (Å²) in [5, 5.41) is 0. The van der Waals surface area contributed by atoms with Gasteiger partial charge in [-0.1, -0.05) is 32.0 Å². The molecule has 3 nitrogen and oxygen atoms in total. The van der Waals surface area contributed by atoms with Crippen LogP contribution in [0, 0.1) is 12.8 Å². The van der Waals surface area contributed by atoms with Gasteiger partial charge in [0.15, 0.2) is 0 Å². The second-order valence-electron chi connectivity index (χ2n) is 4.54. The van der Waals surface area contributed by atoms with Crippen molar-refractivity contribution in [3.63, 3.8) is 0 Å². The summed E-state index contributed by atoms with van der Waals surface area (Å²) in [7, 11) is 0. The standard InChI is InChI=1S/C14H22N2O/c1-4-9-16(10-12(3)14(15)17)13-8-6-5-7-11(13)2/h5-8,12H,4,9-10H2,1-3H3,(H2,15,17). The summed E-state index contributed by atoms with van der Waals surface area (Å²) < 4.78 is 0. The topological polar surface area (TPSA) is 46.3 Å². The minimum absolute atomic E-state index is 0.124. The van der Waals surface area contributed by atoms with Gasteiger partial charge in [-0.2, -0.15) is 0 Å². The maximum absolute atomic E-state index is 11.2. The summed E-state index contributed by atoms with van der Waals surface area (Å²) in [6.07, 6.45) is 1.06. The number of nitrogens with two attached hydrogens (primary N) is 1. The molecule has 1 aromatic carbocycles. The summed E-state index contributed by atoms with van der Waals surface area (Å²) in [6.45, 7) is 7.74. The molecular formula is C14H22N2O. The molecule has 0 fully saturated rings. The lowest BCUT2D eigenvalue weighted by Crippen LogP contribution is -2.35. The van der Waals surface area contributed by atoms with E-state index >= 15 is 0 Å². The lowest BCUT2D eigenvalue weighted by atomic mass is 10.1.